The van der Waals surface area contributed by atoms with Crippen LogP contribution in [0.1, 0.15) is 6.92 Å². The summed E-state index contributed by atoms with van der Waals surface area (Å²) in [6.45, 7) is 1.34. The van der Waals surface area contributed by atoms with E-state index in [0.29, 0.717) is 16.8 Å². The van der Waals surface area contributed by atoms with Crippen molar-refractivity contribution in [3.63, 3.8) is 0 Å². The summed E-state index contributed by atoms with van der Waals surface area (Å²) in [5, 5.41) is 7.76. The molecule has 0 aliphatic heterocycles. The maximum atomic E-state index is 11.7. The molecular weight excluding hydrogens is 278 g/mol. The molecule has 20 heavy (non-hydrogen) atoms. The van der Waals surface area contributed by atoms with Crippen molar-refractivity contribution in [2.75, 3.05) is 5.32 Å². The van der Waals surface area contributed by atoms with Gasteiger partial charge >= 0.3 is 0 Å². The normalized spacial score (nSPS) is 11.1. The van der Waals surface area contributed by atoms with Crippen LogP contribution in [-0.4, -0.2) is 19.3 Å². The number of pyridine rings is 1. The minimum Gasteiger partial charge on any atom is -0.326 e. The number of amides is 1. The van der Waals surface area contributed by atoms with Crippen LogP contribution < -0.4 is 10.5 Å². The number of nitrogens with one attached hydrogen (secondary N) is 1. The summed E-state index contributed by atoms with van der Waals surface area (Å²) in [5.74, 6) is -0.290. The van der Waals surface area contributed by atoms with Gasteiger partial charge in [0.1, 0.15) is 0 Å². The lowest BCUT2D eigenvalue weighted by Gasteiger charge is -2.10. The first-order valence-corrected chi connectivity index (χ1v) is 7.27. The Kier molecular flexibility index (Phi) is 3.82. The van der Waals surface area contributed by atoms with Gasteiger partial charge < -0.3 is 5.32 Å². The zero-order valence-corrected chi connectivity index (χ0v) is 11.5. The Morgan fingerprint density at radius 2 is 1.85 bits per heavy atom. The lowest BCUT2D eigenvalue weighted by atomic mass is 10.1. The number of nitrogens with two attached hydrogens (primary N) is 1. The molecule has 3 N–H and O–H groups in total. The van der Waals surface area contributed by atoms with Gasteiger partial charge in [-0.1, -0.05) is 6.07 Å². The molecule has 1 amide bonds. The van der Waals surface area contributed by atoms with Gasteiger partial charge in [0.2, 0.25) is 15.9 Å². The smallest absolute Gasteiger partial charge is 0.238 e. The van der Waals surface area contributed by atoms with Gasteiger partial charge in [0, 0.05) is 30.6 Å². The molecule has 0 fully saturated rings. The van der Waals surface area contributed by atoms with E-state index in [4.69, 9.17) is 5.14 Å². The number of hydrogen-bond acceptors (Lipinski definition) is 4. The van der Waals surface area contributed by atoms with Crippen molar-refractivity contribution in [2.24, 2.45) is 5.14 Å². The standard InChI is InChI=1S/C13H13N3O3S/c1-9(17)16-11-2-3-12(10-4-6-15-7-5-10)13(8-11)20(14,18)19/h2-8H,1H3,(H,16,17)(H2,14,18,19). The average molecular weight is 291 g/mol. The van der Waals surface area contributed by atoms with Crippen molar-refractivity contribution in [2.45, 2.75) is 11.8 Å². The molecule has 0 atom stereocenters. The van der Waals surface area contributed by atoms with Crippen molar-refractivity contribution >= 4 is 21.6 Å². The number of anilines is 1. The van der Waals surface area contributed by atoms with Crippen molar-refractivity contribution in [1.29, 1.82) is 0 Å². The summed E-state index contributed by atoms with van der Waals surface area (Å²) in [6, 6.07) is 7.92. The predicted molar refractivity (Wildman–Crippen MR) is 75.3 cm³/mol. The van der Waals surface area contributed by atoms with Gasteiger partial charge in [0.05, 0.1) is 4.90 Å². The second-order valence-electron chi connectivity index (χ2n) is 4.17. The highest BCUT2D eigenvalue weighted by Crippen LogP contribution is 2.28. The molecule has 0 radical (unpaired) electrons. The van der Waals surface area contributed by atoms with Crippen LogP contribution in [0.5, 0.6) is 0 Å². The Bertz CT molecular complexity index is 743. The molecule has 1 aromatic heterocycles. The topological polar surface area (TPSA) is 102 Å². The van der Waals surface area contributed by atoms with Gasteiger partial charge in [-0.05, 0) is 29.8 Å². The van der Waals surface area contributed by atoms with Crippen LogP contribution in [0.4, 0.5) is 5.69 Å². The molecule has 0 saturated heterocycles. The summed E-state index contributed by atoms with van der Waals surface area (Å²) in [5.41, 5.74) is 1.52. The molecule has 0 unspecified atom stereocenters. The number of carbonyl (C=O) groups excluding carboxylic acids is 1. The average Bonchev–Trinajstić information content (AvgIpc) is 2.38. The van der Waals surface area contributed by atoms with E-state index in [2.05, 4.69) is 10.3 Å². The number of hydrogen-bond donors (Lipinski definition) is 2. The molecule has 2 rings (SSSR count). The van der Waals surface area contributed by atoms with Crippen LogP contribution in [-0.2, 0) is 14.8 Å². The number of carbonyl (C=O) groups is 1. The maximum Gasteiger partial charge on any atom is 0.238 e. The number of rotatable bonds is 3. The van der Waals surface area contributed by atoms with Gasteiger partial charge in [-0.2, -0.15) is 0 Å². The fraction of sp³-hybridized carbons (Fsp3) is 0.0769. The zero-order chi connectivity index (χ0) is 14.8. The third kappa shape index (κ3) is 3.19. The summed E-state index contributed by atoms with van der Waals surface area (Å²) in [7, 11) is -3.91. The number of aromatic nitrogens is 1. The first-order chi connectivity index (χ1) is 9.38. The van der Waals surface area contributed by atoms with Crippen molar-refractivity contribution < 1.29 is 13.2 Å². The number of sulfonamides is 1. The van der Waals surface area contributed by atoms with Gasteiger partial charge in [-0.25, -0.2) is 13.6 Å². The van der Waals surface area contributed by atoms with Crippen LogP contribution in [0, 0.1) is 0 Å². The zero-order valence-electron chi connectivity index (χ0n) is 10.7. The van der Waals surface area contributed by atoms with Crippen LogP contribution in [0.3, 0.4) is 0 Å². The molecule has 7 heteroatoms. The number of primary sulfonamides is 1. The van der Waals surface area contributed by atoms with E-state index in [0.717, 1.165) is 0 Å². The molecular formula is C13H13N3O3S. The Morgan fingerprint density at radius 3 is 2.40 bits per heavy atom. The second-order valence-corrected chi connectivity index (χ2v) is 5.70. The van der Waals surface area contributed by atoms with E-state index in [-0.39, 0.29) is 10.8 Å². The van der Waals surface area contributed by atoms with Crippen LogP contribution >= 0.6 is 0 Å². The summed E-state index contributed by atoms with van der Waals surface area (Å²) in [4.78, 5) is 14.9. The summed E-state index contributed by atoms with van der Waals surface area (Å²) >= 11 is 0. The number of nitrogens with zero attached hydrogens (tertiary/aromatic N) is 1. The summed E-state index contributed by atoms with van der Waals surface area (Å²) in [6.07, 6.45) is 3.12. The molecule has 2 aromatic rings. The third-order valence-corrected chi connectivity index (χ3v) is 3.55. The maximum absolute atomic E-state index is 11.7. The van der Waals surface area contributed by atoms with Gasteiger partial charge in [-0.15, -0.1) is 0 Å². The fourth-order valence-corrected chi connectivity index (χ4v) is 2.59. The quantitative estimate of drug-likeness (QED) is 0.891. The van der Waals surface area contributed by atoms with Crippen LogP contribution in [0.25, 0.3) is 11.1 Å². The van der Waals surface area contributed by atoms with Gasteiger partial charge in [0.25, 0.3) is 0 Å². The Morgan fingerprint density at radius 1 is 1.20 bits per heavy atom. The van der Waals surface area contributed by atoms with E-state index in [9.17, 15) is 13.2 Å². The fourth-order valence-electron chi connectivity index (χ4n) is 1.81. The largest absolute Gasteiger partial charge is 0.326 e. The molecule has 1 aromatic carbocycles. The minimum absolute atomic E-state index is 0.0463. The molecule has 1 heterocycles. The lowest BCUT2D eigenvalue weighted by Crippen LogP contribution is -2.14. The Labute approximate surface area is 116 Å². The third-order valence-electron chi connectivity index (χ3n) is 2.60. The highest BCUT2D eigenvalue weighted by molar-refractivity contribution is 7.89. The number of benzene rings is 1. The molecule has 0 saturated carbocycles. The van der Waals surface area contributed by atoms with Gasteiger partial charge in [-0.3, -0.25) is 9.78 Å². The minimum atomic E-state index is -3.91. The first-order valence-electron chi connectivity index (χ1n) is 5.73. The van der Waals surface area contributed by atoms with Gasteiger partial charge in [0.15, 0.2) is 0 Å². The lowest BCUT2D eigenvalue weighted by molar-refractivity contribution is -0.114. The molecule has 6 nitrogen and oxygen atoms in total. The van der Waals surface area contributed by atoms with E-state index < -0.39 is 10.0 Å². The van der Waals surface area contributed by atoms with Crippen LogP contribution in [0.15, 0.2) is 47.6 Å². The Hall–Kier alpha value is -2.25. The van der Waals surface area contributed by atoms with E-state index in [1.165, 1.54) is 13.0 Å². The predicted octanol–water partition coefficient (Wildman–Crippen LogP) is 1.35. The van der Waals surface area contributed by atoms with Crippen LogP contribution in [0.2, 0.25) is 0 Å². The SMILES string of the molecule is CC(=O)Nc1ccc(-c2ccncc2)c(S(N)(=O)=O)c1. The van der Waals surface area contributed by atoms with E-state index >= 15 is 0 Å². The molecule has 0 aliphatic carbocycles. The highest BCUT2D eigenvalue weighted by Gasteiger charge is 2.16. The summed E-state index contributed by atoms with van der Waals surface area (Å²) < 4.78 is 23.4. The Balaban J connectivity index is 2.61. The monoisotopic (exact) mass is 291 g/mol. The molecule has 0 spiro atoms. The molecule has 0 aliphatic rings. The highest BCUT2D eigenvalue weighted by atomic mass is 32.2. The van der Waals surface area contributed by atoms with E-state index in [1.54, 1.807) is 36.7 Å². The molecule has 0 bridgehead atoms. The second kappa shape index (κ2) is 5.40. The van der Waals surface area contributed by atoms with E-state index in [1.807, 2.05) is 0 Å². The first kappa shape index (κ1) is 14.2. The van der Waals surface area contributed by atoms with Crippen molar-refractivity contribution in [3.8, 4) is 11.1 Å². The van der Waals surface area contributed by atoms with Crippen molar-refractivity contribution in [1.82, 2.24) is 4.98 Å². The van der Waals surface area contributed by atoms with Crippen molar-refractivity contribution in [3.05, 3.63) is 42.7 Å². The molecule has 104 valence electrons.